The van der Waals surface area contributed by atoms with Crippen molar-refractivity contribution in [3.05, 3.63) is 166 Å². The van der Waals surface area contributed by atoms with Gasteiger partial charge in [0.05, 0.1) is 57.6 Å². The predicted octanol–water partition coefficient (Wildman–Crippen LogP) is 10.2. The molecule has 2 saturated carbocycles. The molecule has 3 fully saturated rings. The van der Waals surface area contributed by atoms with E-state index < -0.39 is 17.1 Å². The molecule has 2 aliphatic carbocycles. The number of anilines is 6. The van der Waals surface area contributed by atoms with Crippen molar-refractivity contribution in [3.8, 4) is 0 Å². The van der Waals surface area contributed by atoms with E-state index in [1.807, 2.05) is 93.3 Å². The second-order valence-electron chi connectivity index (χ2n) is 22.8. The van der Waals surface area contributed by atoms with Gasteiger partial charge in [0.15, 0.2) is 0 Å². The number of fused-ring (bicyclic) bond motifs is 2. The Morgan fingerprint density at radius 2 is 1.17 bits per heavy atom. The summed E-state index contributed by atoms with van der Waals surface area (Å²) in [6.07, 6.45) is 21.7. The van der Waals surface area contributed by atoms with Crippen LogP contribution in [0, 0.1) is 0 Å². The first-order valence-corrected chi connectivity index (χ1v) is 33.4. The molecule has 0 spiro atoms. The quantitative estimate of drug-likeness (QED) is 0.0177. The molecule has 6 aromatic rings. The van der Waals surface area contributed by atoms with Crippen LogP contribution >= 0.6 is 60.1 Å². The Bertz CT molecular complexity index is 3590. The van der Waals surface area contributed by atoms with Gasteiger partial charge in [0, 0.05) is 60.1 Å². The van der Waals surface area contributed by atoms with Crippen LogP contribution < -0.4 is 48.3 Å². The largest absolute Gasteiger partial charge is 0.397 e. The summed E-state index contributed by atoms with van der Waals surface area (Å²) < 4.78 is 7.35. The zero-order valence-electron chi connectivity index (χ0n) is 52.9. The van der Waals surface area contributed by atoms with E-state index in [9.17, 15) is 28.8 Å². The molecule has 5 amide bonds. The average Bonchev–Trinajstić information content (AvgIpc) is 1.66. The first-order chi connectivity index (χ1) is 45.2. The summed E-state index contributed by atoms with van der Waals surface area (Å²) in [7, 11) is 12.2. The number of carbonyl (C=O) groups excluding carboxylic acids is 6. The molecule has 0 bridgehead atoms. The number of benzene rings is 2. The molecule has 3 aliphatic heterocycles. The smallest absolute Gasteiger partial charge is 0.270 e. The number of aromatic nitrogens is 6. The molecule has 4 unspecified atom stereocenters. The average molecular weight is 1440 g/mol. The van der Waals surface area contributed by atoms with E-state index in [0.29, 0.717) is 74.9 Å². The van der Waals surface area contributed by atoms with Crippen molar-refractivity contribution in [1.82, 2.24) is 55.4 Å². The third-order valence-electron chi connectivity index (χ3n) is 15.1. The number of nitrogens with two attached hydrogens (primary N) is 1. The summed E-state index contributed by atoms with van der Waals surface area (Å²) in [6.45, 7) is 1.59. The summed E-state index contributed by atoms with van der Waals surface area (Å²) in [5, 5.41) is 25.0. The monoisotopic (exact) mass is 1440 g/mol. The van der Waals surface area contributed by atoms with E-state index in [0.717, 1.165) is 74.1 Å². The van der Waals surface area contributed by atoms with Crippen molar-refractivity contribution in [3.63, 3.8) is 0 Å². The molecule has 508 valence electrons. The number of halogens is 4. The van der Waals surface area contributed by atoms with Gasteiger partial charge < -0.3 is 57.9 Å². The lowest BCUT2D eigenvalue weighted by Crippen LogP contribution is -2.42. The van der Waals surface area contributed by atoms with Crippen LogP contribution in [0.15, 0.2) is 122 Å². The Kier molecular flexibility index (Phi) is 31.2. The lowest BCUT2D eigenvalue weighted by molar-refractivity contribution is -0.117. The molecule has 5 aliphatic rings. The summed E-state index contributed by atoms with van der Waals surface area (Å²) in [5.74, 6) is -1.49. The highest BCUT2D eigenvalue weighted by atomic mass is 79.9. The van der Waals surface area contributed by atoms with Crippen molar-refractivity contribution < 1.29 is 33.5 Å². The van der Waals surface area contributed by atoms with Crippen molar-refractivity contribution in [2.45, 2.75) is 114 Å². The number of hydrogen-bond donors (Lipinski definition) is 9. The van der Waals surface area contributed by atoms with Crippen molar-refractivity contribution in [2.75, 3.05) is 86.0 Å². The van der Waals surface area contributed by atoms with Crippen LogP contribution in [0.1, 0.15) is 127 Å². The van der Waals surface area contributed by atoms with Crippen LogP contribution in [0.5, 0.6) is 0 Å². The minimum Gasteiger partial charge on any atom is -0.397 e. The molecule has 7 heterocycles. The number of ether oxygens (including phenoxy) is 1. The second-order valence-corrected chi connectivity index (χ2v) is 25.4. The van der Waals surface area contributed by atoms with Gasteiger partial charge in [0.2, 0.25) is 34.9 Å². The van der Waals surface area contributed by atoms with E-state index >= 15 is 0 Å². The van der Waals surface area contributed by atoms with Crippen LogP contribution in [0.25, 0.3) is 0 Å². The fourth-order valence-corrected chi connectivity index (χ4v) is 11.7. The van der Waals surface area contributed by atoms with Gasteiger partial charge in [-0.1, -0.05) is 104 Å². The zero-order chi connectivity index (χ0) is 67.7. The maximum Gasteiger partial charge on any atom is 0.270 e. The lowest BCUT2D eigenvalue weighted by Gasteiger charge is -2.30. The topological polar surface area (TPSA) is 318 Å². The molecule has 4 aromatic heterocycles. The SMILES string of the molecule is C.CN(C)C/C=C/C(=O)Nc1ccc(C(=O)N[C@H]2CCC[C@@H](Nc3ncc(Cl)c(C4C(=O)Nc5ccccc54)n3)C2)nc1.CN(P)C1CCCO1.CNC.Nc1ccc(C(=O)N[C@H]2CCC[C@@H](Nc3ncc(Cl)c(C4C(=O)Nc5ccccc54)n3)C2)nc1.O=C(Cl)/C=C/CBr. The fourth-order valence-electron chi connectivity index (χ4n) is 10.8. The van der Waals surface area contributed by atoms with E-state index in [1.54, 1.807) is 36.4 Å². The molecule has 11 rings (SSSR count). The third-order valence-corrected chi connectivity index (χ3v) is 16.5. The number of para-hydroxylation sites is 2. The molecule has 2 aromatic carbocycles. The highest BCUT2D eigenvalue weighted by Gasteiger charge is 2.37. The molecule has 95 heavy (non-hydrogen) atoms. The Hall–Kier alpha value is -7.58. The number of likely N-dealkylation sites (N-methyl/N-ethyl adjacent to an activating group) is 1. The van der Waals surface area contributed by atoms with E-state index in [2.05, 4.69) is 97.8 Å². The van der Waals surface area contributed by atoms with Crippen molar-refractivity contribution in [1.29, 1.82) is 0 Å². The van der Waals surface area contributed by atoms with Crippen molar-refractivity contribution >= 4 is 130 Å². The Morgan fingerprint density at radius 3 is 1.58 bits per heavy atom. The van der Waals surface area contributed by atoms with Crippen LogP contribution in [0.4, 0.5) is 34.6 Å². The first-order valence-electron chi connectivity index (χ1n) is 30.6. The first kappa shape index (κ1) is 76.4. The normalized spacial score (nSPS) is 19.9. The van der Waals surface area contributed by atoms with Gasteiger partial charge >= 0.3 is 0 Å². The number of allylic oxidation sites excluding steroid dienone is 2. The van der Waals surface area contributed by atoms with Gasteiger partial charge in [0.1, 0.15) is 29.5 Å². The van der Waals surface area contributed by atoms with Crippen molar-refractivity contribution in [2.24, 2.45) is 0 Å². The zero-order valence-corrected chi connectivity index (χ0v) is 57.9. The van der Waals surface area contributed by atoms with Crippen LogP contribution in [-0.2, 0) is 23.9 Å². The molecule has 29 heteroatoms. The molecule has 8 atom stereocenters. The van der Waals surface area contributed by atoms with Crippen LogP contribution in [0.2, 0.25) is 10.0 Å². The van der Waals surface area contributed by atoms with E-state index in [1.165, 1.54) is 49.8 Å². The standard InChI is InChI=1S/C30H33ClN8O3.C24H24ClN7O2.C5H12NOP.C4H4BrClO.C2H7N.CH4/c1-39(2)14-6-11-25(40)34-20-12-13-24(32-16-20)28(41)35-18-7-5-8-19(15-18)36-30-33-17-22(31)27(38-30)26-21-9-3-4-10-23(21)37-29(26)42;25-17-12-28-24(32-21(17)20-16-6-1-2-7-18(16)31-23(20)34)30-15-5-3-4-14(10-15)29-22(33)19-9-8-13(26)11-27-19;1-6(8)5-3-2-4-7-5;5-3-1-2-4(6)7;1-3-2;/h3-4,6,9-13,16-19,26H,5,7-8,14-15H2,1-2H3,(H,34,40)(H,35,41)(H,37,42)(H,33,36,38);1-2,6-9,11-12,14-15,20H,3-5,10,26H2,(H,29,33)(H,31,34)(H,28,30,32);5H,2-4,8H2,1H3;1-2H,3H2;3H,1-2H3;1H4/b11-6+;;;2-1+;;/t18-,19+,26?;14-,15+,20?;;;;/m00..../s1. The number of alkyl halides is 1. The summed E-state index contributed by atoms with van der Waals surface area (Å²) in [5.41, 5.74) is 11.4. The number of pyridine rings is 2. The number of rotatable bonds is 17. The number of nitrogens with zero attached hydrogens (tertiary/aromatic N) is 8. The molecule has 10 N–H and O–H groups in total. The maximum absolute atomic E-state index is 12.9. The second kappa shape index (κ2) is 38.8. The van der Waals surface area contributed by atoms with Gasteiger partial charge in [-0.3, -0.25) is 33.4 Å². The highest BCUT2D eigenvalue weighted by Crippen LogP contribution is 2.41. The number of hydrogen-bond acceptors (Lipinski definition) is 19. The van der Waals surface area contributed by atoms with Gasteiger partial charge in [-0.05, 0) is 165 Å². The minimum absolute atomic E-state index is 0. The highest BCUT2D eigenvalue weighted by molar-refractivity contribution is 9.09. The molecular weight excluding hydrogens is 1360 g/mol. The van der Waals surface area contributed by atoms with Gasteiger partial charge in [0.25, 0.3) is 11.8 Å². The Labute approximate surface area is 580 Å². The van der Waals surface area contributed by atoms with Gasteiger partial charge in [-0.25, -0.2) is 29.9 Å². The third kappa shape index (κ3) is 23.6. The van der Waals surface area contributed by atoms with Crippen LogP contribution in [-0.4, -0.2) is 158 Å². The number of amides is 5. The Balaban J connectivity index is 0.000000239. The fraction of sp³-hybridized carbons (Fsp3) is 0.394. The Morgan fingerprint density at radius 1 is 0.674 bits per heavy atom. The summed E-state index contributed by atoms with van der Waals surface area (Å²) in [6, 6.07) is 21.5. The molecule has 24 nitrogen and oxygen atoms in total. The minimum atomic E-state index is -0.609. The number of nitrogen functional groups attached to an aromatic ring is 1. The molecule has 1 saturated heterocycles. The number of nitrogens with one attached hydrogen (secondary N) is 8. The van der Waals surface area contributed by atoms with Crippen LogP contribution in [0.3, 0.4) is 0 Å². The summed E-state index contributed by atoms with van der Waals surface area (Å²) >= 11 is 20.8. The van der Waals surface area contributed by atoms with Gasteiger partial charge in [-0.15, -0.1) is 0 Å². The van der Waals surface area contributed by atoms with E-state index in [-0.39, 0.29) is 66.8 Å². The van der Waals surface area contributed by atoms with E-state index in [4.69, 9.17) is 45.3 Å². The van der Waals surface area contributed by atoms with Gasteiger partial charge in [-0.2, -0.15) is 0 Å². The molecular formula is C66H84BrCl3N17O7P. The molecule has 0 radical (unpaired) electrons. The predicted molar refractivity (Wildman–Crippen MR) is 383 cm³/mol. The summed E-state index contributed by atoms with van der Waals surface area (Å²) in [4.78, 5) is 101. The maximum atomic E-state index is 12.9. The lowest BCUT2D eigenvalue weighted by atomic mass is 9.91. The number of carbonyl (C=O) groups is 6.